The maximum Gasteiger partial charge on any atom is 0.239 e. The van der Waals surface area contributed by atoms with Crippen LogP contribution in [0.2, 0.25) is 0 Å². The molecule has 0 atom stereocenters. The number of amides is 1. The molecule has 5 heteroatoms. The van der Waals surface area contributed by atoms with Crippen molar-refractivity contribution in [1.82, 2.24) is 10.1 Å². The maximum atomic E-state index is 12.0. The normalized spacial score (nSPS) is 16.8. The molecule has 0 aliphatic heterocycles. The second kappa shape index (κ2) is 6.70. The number of rotatable bonds is 5. The van der Waals surface area contributed by atoms with Gasteiger partial charge in [0.25, 0.3) is 0 Å². The third-order valence-electron chi connectivity index (χ3n) is 3.74. The standard InChI is InChI=1S/C14H23N3O2/c1-3-17(12-7-5-4-6-8-12)10-14(18)15-13-9-11(2)19-16-13/h9,12H,3-8,10H2,1-2H3,(H,15,16,18). The van der Waals surface area contributed by atoms with E-state index in [1.807, 2.05) is 6.92 Å². The van der Waals surface area contributed by atoms with Gasteiger partial charge < -0.3 is 9.84 Å². The van der Waals surface area contributed by atoms with Crippen molar-refractivity contribution in [2.24, 2.45) is 0 Å². The number of carbonyl (C=O) groups excluding carboxylic acids is 1. The Labute approximate surface area is 114 Å². The fourth-order valence-corrected chi connectivity index (χ4v) is 2.74. The van der Waals surface area contributed by atoms with E-state index in [2.05, 4.69) is 22.3 Å². The number of carbonyl (C=O) groups is 1. The van der Waals surface area contributed by atoms with E-state index in [0.717, 1.165) is 6.54 Å². The van der Waals surface area contributed by atoms with Crippen LogP contribution in [0.3, 0.4) is 0 Å². The third-order valence-corrected chi connectivity index (χ3v) is 3.74. The Bertz CT molecular complexity index is 411. The number of likely N-dealkylation sites (N-methyl/N-ethyl adjacent to an activating group) is 1. The molecule has 0 aromatic carbocycles. The van der Waals surface area contributed by atoms with E-state index in [4.69, 9.17) is 4.52 Å². The van der Waals surface area contributed by atoms with Crippen molar-refractivity contribution in [1.29, 1.82) is 0 Å². The smallest absolute Gasteiger partial charge is 0.239 e. The summed E-state index contributed by atoms with van der Waals surface area (Å²) in [5, 5.41) is 6.56. The molecule has 1 aliphatic rings. The average molecular weight is 265 g/mol. The van der Waals surface area contributed by atoms with Gasteiger partial charge in [-0.3, -0.25) is 9.69 Å². The largest absolute Gasteiger partial charge is 0.360 e. The molecule has 5 nitrogen and oxygen atoms in total. The van der Waals surface area contributed by atoms with Crippen LogP contribution in [0.15, 0.2) is 10.6 Å². The van der Waals surface area contributed by atoms with Gasteiger partial charge >= 0.3 is 0 Å². The zero-order valence-corrected chi connectivity index (χ0v) is 11.8. The highest BCUT2D eigenvalue weighted by Gasteiger charge is 2.22. The van der Waals surface area contributed by atoms with Crippen molar-refractivity contribution in [2.45, 2.75) is 52.0 Å². The van der Waals surface area contributed by atoms with Gasteiger partial charge in [0.05, 0.1) is 6.54 Å². The number of anilines is 1. The van der Waals surface area contributed by atoms with Crippen LogP contribution in [0, 0.1) is 6.92 Å². The first-order chi connectivity index (χ1) is 9.19. The van der Waals surface area contributed by atoms with Gasteiger partial charge in [0.1, 0.15) is 5.76 Å². The Morgan fingerprint density at radius 2 is 2.21 bits per heavy atom. The molecular weight excluding hydrogens is 242 g/mol. The summed E-state index contributed by atoms with van der Waals surface area (Å²) >= 11 is 0. The Balaban J connectivity index is 1.85. The maximum absolute atomic E-state index is 12.0. The molecule has 1 N–H and O–H groups in total. The summed E-state index contributed by atoms with van der Waals surface area (Å²) in [4.78, 5) is 14.3. The highest BCUT2D eigenvalue weighted by molar-refractivity contribution is 5.91. The van der Waals surface area contributed by atoms with E-state index in [0.29, 0.717) is 24.2 Å². The number of hydrogen-bond acceptors (Lipinski definition) is 4. The lowest BCUT2D eigenvalue weighted by Gasteiger charge is -2.32. The van der Waals surface area contributed by atoms with Crippen LogP contribution in [-0.2, 0) is 4.79 Å². The molecule has 2 rings (SSSR count). The number of aromatic nitrogens is 1. The van der Waals surface area contributed by atoms with Crippen LogP contribution in [-0.4, -0.2) is 35.1 Å². The van der Waals surface area contributed by atoms with Crippen LogP contribution < -0.4 is 5.32 Å². The molecule has 0 unspecified atom stereocenters. The molecule has 106 valence electrons. The number of hydrogen-bond donors (Lipinski definition) is 1. The predicted octanol–water partition coefficient (Wildman–Crippen LogP) is 2.58. The Hall–Kier alpha value is -1.36. The van der Waals surface area contributed by atoms with Gasteiger partial charge in [-0.2, -0.15) is 0 Å². The van der Waals surface area contributed by atoms with Gasteiger partial charge in [-0.25, -0.2) is 0 Å². The molecule has 1 heterocycles. The van der Waals surface area contributed by atoms with Gasteiger partial charge in [-0.05, 0) is 26.3 Å². The van der Waals surface area contributed by atoms with Crippen LogP contribution in [0.4, 0.5) is 5.82 Å². The van der Waals surface area contributed by atoms with E-state index < -0.39 is 0 Å². The zero-order chi connectivity index (χ0) is 13.7. The topological polar surface area (TPSA) is 58.4 Å². The van der Waals surface area contributed by atoms with Crippen molar-refractivity contribution >= 4 is 11.7 Å². The summed E-state index contributed by atoms with van der Waals surface area (Å²) in [7, 11) is 0. The van der Waals surface area contributed by atoms with E-state index >= 15 is 0 Å². The van der Waals surface area contributed by atoms with Crippen molar-refractivity contribution in [2.75, 3.05) is 18.4 Å². The summed E-state index contributed by atoms with van der Waals surface area (Å²) in [6, 6.07) is 2.29. The summed E-state index contributed by atoms with van der Waals surface area (Å²) in [6.07, 6.45) is 6.32. The molecule has 0 radical (unpaired) electrons. The molecule has 0 bridgehead atoms. The monoisotopic (exact) mass is 265 g/mol. The minimum absolute atomic E-state index is 0.0132. The Morgan fingerprint density at radius 3 is 2.79 bits per heavy atom. The first-order valence-corrected chi connectivity index (χ1v) is 7.16. The van der Waals surface area contributed by atoms with Gasteiger partial charge in [0.15, 0.2) is 5.82 Å². The molecule has 1 aromatic rings. The Morgan fingerprint density at radius 1 is 1.47 bits per heavy atom. The van der Waals surface area contributed by atoms with Gasteiger partial charge in [-0.1, -0.05) is 31.3 Å². The lowest BCUT2D eigenvalue weighted by Crippen LogP contribution is -2.41. The fraction of sp³-hybridized carbons (Fsp3) is 0.714. The highest BCUT2D eigenvalue weighted by atomic mass is 16.5. The molecule has 1 aliphatic carbocycles. The summed E-state index contributed by atoms with van der Waals surface area (Å²) in [5.74, 6) is 1.19. The molecule has 0 saturated heterocycles. The van der Waals surface area contributed by atoms with Gasteiger partial charge in [0, 0.05) is 12.1 Å². The molecule has 1 fully saturated rings. The summed E-state index contributed by atoms with van der Waals surface area (Å²) in [6.45, 7) is 5.27. The highest BCUT2D eigenvalue weighted by Crippen LogP contribution is 2.22. The van der Waals surface area contributed by atoms with E-state index in [1.165, 1.54) is 32.1 Å². The van der Waals surface area contributed by atoms with Crippen LogP contribution in [0.25, 0.3) is 0 Å². The average Bonchev–Trinajstić information content (AvgIpc) is 2.82. The summed E-state index contributed by atoms with van der Waals surface area (Å²) < 4.78 is 4.93. The summed E-state index contributed by atoms with van der Waals surface area (Å²) in [5.41, 5.74) is 0. The predicted molar refractivity (Wildman–Crippen MR) is 74.0 cm³/mol. The number of nitrogens with one attached hydrogen (secondary N) is 1. The lowest BCUT2D eigenvalue weighted by atomic mass is 9.94. The first kappa shape index (κ1) is 14.1. The van der Waals surface area contributed by atoms with E-state index in [-0.39, 0.29) is 5.91 Å². The second-order valence-corrected chi connectivity index (χ2v) is 5.23. The molecule has 19 heavy (non-hydrogen) atoms. The minimum atomic E-state index is -0.0132. The van der Waals surface area contributed by atoms with Gasteiger partial charge in [-0.15, -0.1) is 0 Å². The fourth-order valence-electron chi connectivity index (χ4n) is 2.74. The Kier molecular flexibility index (Phi) is 4.96. The van der Waals surface area contributed by atoms with Gasteiger partial charge in [0.2, 0.25) is 5.91 Å². The quantitative estimate of drug-likeness (QED) is 0.889. The van der Waals surface area contributed by atoms with Crippen molar-refractivity contribution in [3.63, 3.8) is 0 Å². The van der Waals surface area contributed by atoms with Crippen molar-refractivity contribution < 1.29 is 9.32 Å². The number of aryl methyl sites for hydroxylation is 1. The zero-order valence-electron chi connectivity index (χ0n) is 11.8. The second-order valence-electron chi connectivity index (χ2n) is 5.23. The molecule has 0 spiro atoms. The van der Waals surface area contributed by atoms with Crippen LogP contribution >= 0.6 is 0 Å². The van der Waals surface area contributed by atoms with E-state index in [9.17, 15) is 4.79 Å². The van der Waals surface area contributed by atoms with Crippen molar-refractivity contribution in [3.8, 4) is 0 Å². The SMILES string of the molecule is CCN(CC(=O)Nc1cc(C)on1)C1CCCCC1. The molecule has 1 saturated carbocycles. The molecular formula is C14H23N3O2. The minimum Gasteiger partial charge on any atom is -0.360 e. The lowest BCUT2D eigenvalue weighted by molar-refractivity contribution is -0.118. The molecule has 1 aromatic heterocycles. The molecule has 1 amide bonds. The first-order valence-electron chi connectivity index (χ1n) is 7.16. The van der Waals surface area contributed by atoms with Crippen molar-refractivity contribution in [3.05, 3.63) is 11.8 Å². The van der Waals surface area contributed by atoms with E-state index in [1.54, 1.807) is 6.07 Å². The third kappa shape index (κ3) is 4.06. The number of nitrogens with zero attached hydrogens (tertiary/aromatic N) is 2. The van der Waals surface area contributed by atoms with Crippen LogP contribution in [0.1, 0.15) is 44.8 Å². The van der Waals surface area contributed by atoms with Crippen LogP contribution in [0.5, 0.6) is 0 Å².